The first kappa shape index (κ1) is 13.8. The molecule has 0 aliphatic carbocycles. The highest BCUT2D eigenvalue weighted by Crippen LogP contribution is 1.94. The molecule has 0 fully saturated rings. The van der Waals surface area contributed by atoms with Crippen LogP contribution in [0.25, 0.3) is 0 Å². The Labute approximate surface area is 87.1 Å². The number of hydrogen-bond donors (Lipinski definition) is 2. The highest BCUT2D eigenvalue weighted by Gasteiger charge is 2.05. The molecule has 0 saturated carbocycles. The summed E-state index contributed by atoms with van der Waals surface area (Å²) in [4.78, 5) is 3.97. The molecule has 2 N–H and O–H groups in total. The third-order valence-corrected chi connectivity index (χ3v) is 2.21. The smallest absolute Gasteiger partial charge is 0.0956 e. The summed E-state index contributed by atoms with van der Waals surface area (Å²) in [5.41, 5.74) is 0. The van der Waals surface area contributed by atoms with E-state index in [1.165, 1.54) is 0 Å². The molecule has 4 heteroatoms. The van der Waals surface area contributed by atoms with Gasteiger partial charge in [0.15, 0.2) is 0 Å². The molecule has 0 spiro atoms. The minimum Gasteiger partial charge on any atom is -0.381 e. The molecule has 0 aliphatic rings. The fraction of sp³-hybridized carbons (Fsp3) is 1.00. The van der Waals surface area contributed by atoms with Crippen LogP contribution in [0.15, 0.2) is 0 Å². The molecule has 0 heterocycles. The monoisotopic (exact) mass is 204 g/mol. The van der Waals surface area contributed by atoms with Crippen molar-refractivity contribution in [1.29, 1.82) is 0 Å². The standard InChI is InChI=1S/C10H24N2O2/c1-3-5-11(9-13)7-8-12(10-14)6-4-2/h13-14H,3-10H2,1-2H3. The lowest BCUT2D eigenvalue weighted by Crippen LogP contribution is -2.36. The van der Waals surface area contributed by atoms with Crippen LogP contribution < -0.4 is 0 Å². The van der Waals surface area contributed by atoms with Gasteiger partial charge in [-0.2, -0.15) is 0 Å². The van der Waals surface area contributed by atoms with Gasteiger partial charge < -0.3 is 10.2 Å². The van der Waals surface area contributed by atoms with E-state index in [0.29, 0.717) is 0 Å². The van der Waals surface area contributed by atoms with E-state index in [-0.39, 0.29) is 13.5 Å². The Kier molecular flexibility index (Phi) is 9.29. The molecule has 0 atom stereocenters. The Morgan fingerprint density at radius 3 is 1.29 bits per heavy atom. The largest absolute Gasteiger partial charge is 0.381 e. The summed E-state index contributed by atoms with van der Waals surface area (Å²) in [6, 6.07) is 0. The number of rotatable bonds is 9. The van der Waals surface area contributed by atoms with Crippen molar-refractivity contribution in [3.05, 3.63) is 0 Å². The predicted octanol–water partition coefficient (Wildman–Crippen LogP) is 0.310. The summed E-state index contributed by atoms with van der Waals surface area (Å²) in [5.74, 6) is 0. The second-order valence-corrected chi connectivity index (χ2v) is 3.52. The minimum absolute atomic E-state index is 0.110. The molecule has 14 heavy (non-hydrogen) atoms. The molecule has 0 bridgehead atoms. The van der Waals surface area contributed by atoms with E-state index in [1.54, 1.807) is 0 Å². The number of hydrogen-bond acceptors (Lipinski definition) is 4. The van der Waals surface area contributed by atoms with E-state index in [0.717, 1.165) is 39.0 Å². The second-order valence-electron chi connectivity index (χ2n) is 3.52. The lowest BCUT2D eigenvalue weighted by Gasteiger charge is -2.24. The zero-order valence-corrected chi connectivity index (χ0v) is 9.45. The van der Waals surface area contributed by atoms with Crippen molar-refractivity contribution in [3.8, 4) is 0 Å². The summed E-state index contributed by atoms with van der Waals surface area (Å²) in [5, 5.41) is 18.0. The maximum absolute atomic E-state index is 9.02. The van der Waals surface area contributed by atoms with Gasteiger partial charge in [-0.3, -0.25) is 9.80 Å². The molecule has 0 aliphatic heterocycles. The van der Waals surface area contributed by atoms with Crippen molar-refractivity contribution in [2.45, 2.75) is 26.7 Å². The van der Waals surface area contributed by atoms with Crippen LogP contribution in [0.4, 0.5) is 0 Å². The second kappa shape index (κ2) is 9.40. The summed E-state index contributed by atoms with van der Waals surface area (Å²) in [6.07, 6.45) is 2.10. The zero-order valence-electron chi connectivity index (χ0n) is 9.45. The third kappa shape index (κ3) is 6.32. The van der Waals surface area contributed by atoms with Crippen LogP contribution in [0.5, 0.6) is 0 Å². The number of aliphatic hydroxyl groups excluding tert-OH is 2. The lowest BCUT2D eigenvalue weighted by molar-refractivity contribution is 0.0645. The van der Waals surface area contributed by atoms with Crippen LogP contribution in [0, 0.1) is 0 Å². The Hall–Kier alpha value is -0.160. The van der Waals surface area contributed by atoms with Gasteiger partial charge in [0.1, 0.15) is 0 Å². The Morgan fingerprint density at radius 2 is 1.07 bits per heavy atom. The van der Waals surface area contributed by atoms with Crippen molar-refractivity contribution in [1.82, 2.24) is 9.80 Å². The van der Waals surface area contributed by atoms with Gasteiger partial charge in [0, 0.05) is 26.2 Å². The Morgan fingerprint density at radius 1 is 0.714 bits per heavy atom. The minimum atomic E-state index is 0.110. The van der Waals surface area contributed by atoms with Crippen molar-refractivity contribution < 1.29 is 10.2 Å². The number of nitrogens with zero attached hydrogens (tertiary/aromatic N) is 2. The average molecular weight is 204 g/mol. The maximum Gasteiger partial charge on any atom is 0.0956 e. The van der Waals surface area contributed by atoms with Gasteiger partial charge in [-0.05, 0) is 12.8 Å². The zero-order chi connectivity index (χ0) is 10.8. The molecule has 0 amide bonds. The van der Waals surface area contributed by atoms with E-state index in [9.17, 15) is 0 Å². The van der Waals surface area contributed by atoms with Crippen LogP contribution in [-0.4, -0.2) is 59.7 Å². The first-order valence-corrected chi connectivity index (χ1v) is 5.44. The topological polar surface area (TPSA) is 46.9 Å². The molecule has 0 unspecified atom stereocenters. The Bertz CT molecular complexity index is 109. The molecule has 86 valence electrons. The SMILES string of the molecule is CCCN(CO)CCN(CO)CCC. The third-order valence-electron chi connectivity index (χ3n) is 2.21. The molecular weight excluding hydrogens is 180 g/mol. The summed E-state index contributed by atoms with van der Waals surface area (Å²) in [6.45, 7) is 7.90. The molecule has 0 rings (SSSR count). The predicted molar refractivity (Wildman–Crippen MR) is 57.9 cm³/mol. The van der Waals surface area contributed by atoms with Gasteiger partial charge in [0.25, 0.3) is 0 Å². The summed E-state index contributed by atoms with van der Waals surface area (Å²) >= 11 is 0. The molecule has 0 aromatic carbocycles. The number of aliphatic hydroxyl groups is 2. The average Bonchev–Trinajstić information content (AvgIpc) is 2.22. The summed E-state index contributed by atoms with van der Waals surface area (Å²) < 4.78 is 0. The van der Waals surface area contributed by atoms with E-state index in [2.05, 4.69) is 13.8 Å². The van der Waals surface area contributed by atoms with E-state index in [4.69, 9.17) is 10.2 Å². The van der Waals surface area contributed by atoms with Crippen molar-refractivity contribution in [2.24, 2.45) is 0 Å². The van der Waals surface area contributed by atoms with E-state index >= 15 is 0 Å². The fourth-order valence-electron chi connectivity index (χ4n) is 1.42. The maximum atomic E-state index is 9.02. The van der Waals surface area contributed by atoms with Gasteiger partial charge in [-0.15, -0.1) is 0 Å². The van der Waals surface area contributed by atoms with Gasteiger partial charge >= 0.3 is 0 Å². The van der Waals surface area contributed by atoms with Crippen LogP contribution in [0.1, 0.15) is 26.7 Å². The van der Waals surface area contributed by atoms with Gasteiger partial charge in [0.2, 0.25) is 0 Å². The highest BCUT2D eigenvalue weighted by atomic mass is 16.3. The van der Waals surface area contributed by atoms with Gasteiger partial charge in [-0.25, -0.2) is 0 Å². The van der Waals surface area contributed by atoms with E-state index < -0.39 is 0 Å². The molecule has 0 radical (unpaired) electrons. The van der Waals surface area contributed by atoms with Crippen LogP contribution >= 0.6 is 0 Å². The lowest BCUT2D eigenvalue weighted by atomic mass is 10.4. The van der Waals surface area contributed by atoms with Crippen LogP contribution in [0.3, 0.4) is 0 Å². The molecule has 0 aromatic rings. The van der Waals surface area contributed by atoms with Crippen LogP contribution in [0.2, 0.25) is 0 Å². The first-order valence-electron chi connectivity index (χ1n) is 5.44. The van der Waals surface area contributed by atoms with Gasteiger partial charge in [0.05, 0.1) is 13.5 Å². The normalized spacial score (nSPS) is 11.6. The van der Waals surface area contributed by atoms with E-state index in [1.807, 2.05) is 9.80 Å². The first-order chi connectivity index (χ1) is 6.78. The fourth-order valence-corrected chi connectivity index (χ4v) is 1.42. The van der Waals surface area contributed by atoms with Crippen molar-refractivity contribution in [3.63, 3.8) is 0 Å². The quantitative estimate of drug-likeness (QED) is 0.531. The van der Waals surface area contributed by atoms with Crippen molar-refractivity contribution >= 4 is 0 Å². The molecule has 0 aromatic heterocycles. The highest BCUT2D eigenvalue weighted by molar-refractivity contribution is 4.57. The van der Waals surface area contributed by atoms with Gasteiger partial charge in [-0.1, -0.05) is 13.8 Å². The van der Waals surface area contributed by atoms with Crippen molar-refractivity contribution in [2.75, 3.05) is 39.6 Å². The molecular formula is C10H24N2O2. The molecule has 0 saturated heterocycles. The van der Waals surface area contributed by atoms with Crippen LogP contribution in [-0.2, 0) is 0 Å². The summed E-state index contributed by atoms with van der Waals surface area (Å²) in [7, 11) is 0. The molecule has 4 nitrogen and oxygen atoms in total. The Balaban J connectivity index is 3.63.